The Morgan fingerprint density at radius 2 is 2.00 bits per heavy atom. The molecule has 2 heterocycles. The van der Waals surface area contributed by atoms with Gasteiger partial charge >= 0.3 is 0 Å². The Kier molecular flexibility index (Phi) is 5.68. The standard InChI is InChI=1S/C19H18N4O3S/c1-12(23-25)16-9-8-15(18(20)22-16)19(24)21-11-14-7-10-17(27-14)26-13-5-3-2-4-6-13/h2-10,25H,11H2,1H3,(H2,20,22)(H,21,24). The molecular weight excluding hydrogens is 364 g/mol. The summed E-state index contributed by atoms with van der Waals surface area (Å²) in [6, 6.07) is 16.4. The first-order valence-electron chi connectivity index (χ1n) is 8.12. The van der Waals surface area contributed by atoms with Gasteiger partial charge in [-0.05, 0) is 43.3 Å². The summed E-state index contributed by atoms with van der Waals surface area (Å²) in [5.74, 6) is 0.506. The van der Waals surface area contributed by atoms with Crippen LogP contribution in [-0.2, 0) is 6.54 Å². The van der Waals surface area contributed by atoms with Crippen LogP contribution in [0.25, 0.3) is 0 Å². The number of carbonyl (C=O) groups is 1. The van der Waals surface area contributed by atoms with E-state index in [0.29, 0.717) is 18.0 Å². The summed E-state index contributed by atoms with van der Waals surface area (Å²) < 4.78 is 5.76. The molecule has 0 aliphatic carbocycles. The van der Waals surface area contributed by atoms with Gasteiger partial charge in [-0.15, -0.1) is 11.3 Å². The van der Waals surface area contributed by atoms with E-state index in [4.69, 9.17) is 15.7 Å². The Labute approximate surface area is 160 Å². The second-order valence-electron chi connectivity index (χ2n) is 5.63. The number of aromatic nitrogens is 1. The van der Waals surface area contributed by atoms with Crippen molar-refractivity contribution < 1.29 is 14.7 Å². The molecule has 3 rings (SSSR count). The lowest BCUT2D eigenvalue weighted by atomic mass is 10.2. The molecule has 7 nitrogen and oxygen atoms in total. The summed E-state index contributed by atoms with van der Waals surface area (Å²) in [5.41, 5.74) is 6.84. The van der Waals surface area contributed by atoms with E-state index >= 15 is 0 Å². The van der Waals surface area contributed by atoms with Crippen molar-refractivity contribution in [3.63, 3.8) is 0 Å². The van der Waals surface area contributed by atoms with Gasteiger partial charge in [-0.3, -0.25) is 4.79 Å². The first-order valence-corrected chi connectivity index (χ1v) is 8.94. The molecular formula is C19H18N4O3S. The normalized spacial score (nSPS) is 11.2. The molecule has 2 aromatic heterocycles. The van der Waals surface area contributed by atoms with Crippen LogP contribution in [-0.4, -0.2) is 21.8 Å². The zero-order chi connectivity index (χ0) is 19.2. The molecule has 0 aliphatic heterocycles. The van der Waals surface area contributed by atoms with E-state index < -0.39 is 0 Å². The molecule has 1 aromatic carbocycles. The van der Waals surface area contributed by atoms with Crippen LogP contribution in [0.2, 0.25) is 0 Å². The van der Waals surface area contributed by atoms with Crippen molar-refractivity contribution in [1.29, 1.82) is 0 Å². The lowest BCUT2D eigenvalue weighted by molar-refractivity contribution is 0.0952. The number of thiophene rings is 1. The molecule has 138 valence electrons. The number of pyridine rings is 1. The van der Waals surface area contributed by atoms with E-state index in [1.165, 1.54) is 11.3 Å². The molecule has 0 fully saturated rings. The van der Waals surface area contributed by atoms with E-state index in [9.17, 15) is 4.79 Å². The molecule has 0 atom stereocenters. The zero-order valence-corrected chi connectivity index (χ0v) is 15.4. The number of carbonyl (C=O) groups excluding carboxylic acids is 1. The Balaban J connectivity index is 1.61. The smallest absolute Gasteiger partial charge is 0.255 e. The van der Waals surface area contributed by atoms with Gasteiger partial charge in [-0.25, -0.2) is 4.98 Å². The molecule has 3 aromatic rings. The second kappa shape index (κ2) is 8.33. The number of nitrogens with one attached hydrogen (secondary N) is 1. The molecule has 0 spiro atoms. The molecule has 27 heavy (non-hydrogen) atoms. The molecule has 0 saturated carbocycles. The summed E-state index contributed by atoms with van der Waals surface area (Å²) in [5, 5.41) is 15.4. The van der Waals surface area contributed by atoms with E-state index in [1.54, 1.807) is 19.1 Å². The Morgan fingerprint density at radius 3 is 2.70 bits per heavy atom. The van der Waals surface area contributed by atoms with Crippen LogP contribution >= 0.6 is 11.3 Å². The maximum atomic E-state index is 12.3. The Morgan fingerprint density at radius 1 is 1.22 bits per heavy atom. The fourth-order valence-corrected chi connectivity index (χ4v) is 3.11. The van der Waals surface area contributed by atoms with Crippen LogP contribution in [0.5, 0.6) is 10.8 Å². The minimum atomic E-state index is -0.330. The SMILES string of the molecule is CC(=NO)c1ccc(C(=O)NCc2ccc(Oc3ccccc3)s2)c(N)n1. The first-order chi connectivity index (χ1) is 13.1. The monoisotopic (exact) mass is 382 g/mol. The van der Waals surface area contributed by atoms with E-state index in [2.05, 4.69) is 15.5 Å². The molecule has 0 radical (unpaired) electrons. The van der Waals surface area contributed by atoms with Gasteiger partial charge in [-0.1, -0.05) is 23.4 Å². The van der Waals surface area contributed by atoms with Crippen LogP contribution in [0.3, 0.4) is 0 Å². The van der Waals surface area contributed by atoms with Crippen molar-refractivity contribution in [3.8, 4) is 10.8 Å². The van der Waals surface area contributed by atoms with Gasteiger partial charge in [0.15, 0.2) is 5.06 Å². The maximum Gasteiger partial charge on any atom is 0.255 e. The van der Waals surface area contributed by atoms with Crippen molar-refractivity contribution in [1.82, 2.24) is 10.3 Å². The number of amides is 1. The number of oxime groups is 1. The zero-order valence-electron chi connectivity index (χ0n) is 14.5. The van der Waals surface area contributed by atoms with E-state index in [0.717, 1.165) is 15.7 Å². The molecule has 0 unspecified atom stereocenters. The highest BCUT2D eigenvalue weighted by Gasteiger charge is 2.13. The van der Waals surface area contributed by atoms with Crippen LogP contribution in [0.1, 0.15) is 27.9 Å². The van der Waals surface area contributed by atoms with Gasteiger partial charge in [0.2, 0.25) is 0 Å². The number of para-hydroxylation sites is 1. The number of nitrogens with zero attached hydrogens (tertiary/aromatic N) is 2. The summed E-state index contributed by atoms with van der Waals surface area (Å²) >= 11 is 1.45. The van der Waals surface area contributed by atoms with Gasteiger partial charge in [-0.2, -0.15) is 0 Å². The third-order valence-electron chi connectivity index (χ3n) is 3.71. The average molecular weight is 382 g/mol. The summed E-state index contributed by atoms with van der Waals surface area (Å²) in [7, 11) is 0. The summed E-state index contributed by atoms with van der Waals surface area (Å²) in [4.78, 5) is 17.4. The fourth-order valence-electron chi connectivity index (χ4n) is 2.30. The molecule has 0 bridgehead atoms. The first kappa shape index (κ1) is 18.4. The topological polar surface area (TPSA) is 110 Å². The van der Waals surface area contributed by atoms with Crippen LogP contribution in [0.4, 0.5) is 5.82 Å². The molecule has 8 heteroatoms. The summed E-state index contributed by atoms with van der Waals surface area (Å²) in [6.07, 6.45) is 0. The van der Waals surface area contributed by atoms with Crippen molar-refractivity contribution in [2.75, 3.05) is 5.73 Å². The number of rotatable bonds is 6. The van der Waals surface area contributed by atoms with Crippen molar-refractivity contribution in [2.45, 2.75) is 13.5 Å². The van der Waals surface area contributed by atoms with Gasteiger partial charge in [0.05, 0.1) is 17.8 Å². The number of nitrogen functional groups attached to an aromatic ring is 1. The van der Waals surface area contributed by atoms with Crippen molar-refractivity contribution in [3.05, 3.63) is 70.7 Å². The molecule has 1 amide bonds. The van der Waals surface area contributed by atoms with Gasteiger partial charge < -0.3 is 21.0 Å². The van der Waals surface area contributed by atoms with Gasteiger partial charge in [0, 0.05) is 4.88 Å². The largest absolute Gasteiger partial charge is 0.447 e. The number of ether oxygens (including phenoxy) is 1. The second-order valence-corrected chi connectivity index (χ2v) is 6.76. The van der Waals surface area contributed by atoms with E-state index in [-0.39, 0.29) is 17.3 Å². The highest BCUT2D eigenvalue weighted by Crippen LogP contribution is 2.29. The van der Waals surface area contributed by atoms with Crippen LogP contribution < -0.4 is 15.8 Å². The van der Waals surface area contributed by atoms with Crippen molar-refractivity contribution >= 4 is 28.8 Å². The number of anilines is 1. The van der Waals surface area contributed by atoms with E-state index in [1.807, 2.05) is 42.5 Å². The molecule has 4 N–H and O–H groups in total. The number of hydrogen-bond donors (Lipinski definition) is 3. The lowest BCUT2D eigenvalue weighted by Crippen LogP contribution is -2.24. The highest BCUT2D eigenvalue weighted by atomic mass is 32.1. The quantitative estimate of drug-likeness (QED) is 0.342. The molecule has 0 saturated heterocycles. The minimum absolute atomic E-state index is 0.0762. The fraction of sp³-hybridized carbons (Fsp3) is 0.105. The van der Waals surface area contributed by atoms with Gasteiger partial charge in [0.1, 0.15) is 17.3 Å². The van der Waals surface area contributed by atoms with Crippen molar-refractivity contribution in [2.24, 2.45) is 5.16 Å². The minimum Gasteiger partial charge on any atom is -0.447 e. The molecule has 0 aliphatic rings. The van der Waals surface area contributed by atoms with Crippen LogP contribution in [0.15, 0.2) is 59.8 Å². The number of nitrogens with two attached hydrogens (primary N) is 1. The van der Waals surface area contributed by atoms with Crippen LogP contribution in [0, 0.1) is 0 Å². The predicted molar refractivity (Wildman–Crippen MR) is 105 cm³/mol. The maximum absolute atomic E-state index is 12.3. The predicted octanol–water partition coefficient (Wildman–Crippen LogP) is 3.65. The Bertz CT molecular complexity index is 970. The third kappa shape index (κ3) is 4.62. The third-order valence-corrected chi connectivity index (χ3v) is 4.68. The lowest BCUT2D eigenvalue weighted by Gasteiger charge is -2.07. The average Bonchev–Trinajstić information content (AvgIpc) is 3.13. The highest BCUT2D eigenvalue weighted by molar-refractivity contribution is 7.13. The summed E-state index contributed by atoms with van der Waals surface area (Å²) in [6.45, 7) is 1.94. The Hall–Kier alpha value is -3.39. The number of hydrogen-bond acceptors (Lipinski definition) is 7. The van der Waals surface area contributed by atoms with Gasteiger partial charge in [0.25, 0.3) is 5.91 Å². The number of benzene rings is 1.